The van der Waals surface area contributed by atoms with Crippen LogP contribution in [0, 0.1) is 0 Å². The Labute approximate surface area is 92.6 Å². The van der Waals surface area contributed by atoms with Crippen molar-refractivity contribution in [2.24, 2.45) is 0 Å². The van der Waals surface area contributed by atoms with Gasteiger partial charge in [0.05, 0.1) is 7.11 Å². The van der Waals surface area contributed by atoms with E-state index in [1.165, 1.54) is 5.56 Å². The number of para-hydroxylation sites is 1. The molecule has 2 atom stereocenters. The number of nitrogens with one attached hydrogen (secondary N) is 1. The predicted molar refractivity (Wildman–Crippen MR) is 64.3 cm³/mol. The molecule has 0 saturated heterocycles. The Kier molecular flexibility index (Phi) is 4.63. The number of rotatable bonds is 5. The number of benzene rings is 1. The molecule has 1 aromatic rings. The van der Waals surface area contributed by atoms with Gasteiger partial charge in [0, 0.05) is 17.6 Å². The zero-order valence-corrected chi connectivity index (χ0v) is 10.1. The number of methoxy groups -OCH3 is 1. The van der Waals surface area contributed by atoms with Crippen molar-refractivity contribution < 1.29 is 4.74 Å². The summed E-state index contributed by atoms with van der Waals surface area (Å²) in [5.41, 5.74) is 1.22. The molecular weight excluding hydrogens is 186 g/mol. The molecule has 1 aromatic carbocycles. The van der Waals surface area contributed by atoms with Gasteiger partial charge >= 0.3 is 0 Å². The van der Waals surface area contributed by atoms with E-state index in [-0.39, 0.29) is 0 Å². The van der Waals surface area contributed by atoms with Crippen molar-refractivity contribution in [3.05, 3.63) is 29.8 Å². The van der Waals surface area contributed by atoms with E-state index in [1.807, 2.05) is 18.2 Å². The van der Waals surface area contributed by atoms with Crippen LogP contribution in [0.4, 0.5) is 0 Å². The number of ether oxygens (including phenoxy) is 1. The minimum atomic E-state index is 0.330. The van der Waals surface area contributed by atoms with Crippen LogP contribution in [0.5, 0.6) is 5.75 Å². The molecule has 0 unspecified atom stereocenters. The second-order valence-electron chi connectivity index (χ2n) is 3.94. The summed E-state index contributed by atoms with van der Waals surface area (Å²) < 4.78 is 5.34. The van der Waals surface area contributed by atoms with Crippen LogP contribution in [0.2, 0.25) is 0 Å². The van der Waals surface area contributed by atoms with Crippen LogP contribution in [0.15, 0.2) is 24.3 Å². The lowest BCUT2D eigenvalue weighted by Gasteiger charge is -2.20. The maximum atomic E-state index is 5.34. The quantitative estimate of drug-likeness (QED) is 0.801. The van der Waals surface area contributed by atoms with Gasteiger partial charge in [-0.1, -0.05) is 25.1 Å². The van der Waals surface area contributed by atoms with Gasteiger partial charge in [0.2, 0.25) is 0 Å². The summed E-state index contributed by atoms with van der Waals surface area (Å²) in [5, 5.41) is 3.54. The van der Waals surface area contributed by atoms with Crippen LogP contribution in [0.3, 0.4) is 0 Å². The van der Waals surface area contributed by atoms with Crippen LogP contribution in [-0.2, 0) is 0 Å². The summed E-state index contributed by atoms with van der Waals surface area (Å²) in [4.78, 5) is 0. The third kappa shape index (κ3) is 3.24. The fourth-order valence-corrected chi connectivity index (χ4v) is 1.66. The smallest absolute Gasteiger partial charge is 0.123 e. The summed E-state index contributed by atoms with van der Waals surface area (Å²) in [6, 6.07) is 9.02. The van der Waals surface area contributed by atoms with E-state index in [4.69, 9.17) is 4.74 Å². The molecule has 0 heterocycles. The van der Waals surface area contributed by atoms with Crippen LogP contribution < -0.4 is 10.1 Å². The van der Waals surface area contributed by atoms with E-state index in [0.717, 1.165) is 12.2 Å². The molecule has 0 aliphatic heterocycles. The van der Waals surface area contributed by atoms with Crippen LogP contribution >= 0.6 is 0 Å². The average Bonchev–Trinajstić information content (AvgIpc) is 2.28. The van der Waals surface area contributed by atoms with Gasteiger partial charge in [-0.15, -0.1) is 0 Å². The van der Waals surface area contributed by atoms with Gasteiger partial charge in [0.25, 0.3) is 0 Å². The summed E-state index contributed by atoms with van der Waals surface area (Å²) in [5.74, 6) is 0.959. The van der Waals surface area contributed by atoms with Gasteiger partial charge < -0.3 is 10.1 Å². The first-order valence-corrected chi connectivity index (χ1v) is 5.58. The normalized spacial score (nSPS) is 14.7. The van der Waals surface area contributed by atoms with Crippen molar-refractivity contribution >= 4 is 0 Å². The summed E-state index contributed by atoms with van der Waals surface area (Å²) in [6.45, 7) is 6.56. The lowest BCUT2D eigenvalue weighted by molar-refractivity contribution is 0.394. The molecule has 0 saturated carbocycles. The molecule has 2 heteroatoms. The van der Waals surface area contributed by atoms with Crippen molar-refractivity contribution in [2.45, 2.75) is 39.3 Å². The SMILES string of the molecule is CC[C@H](C)N[C@H](C)c1ccccc1OC. The van der Waals surface area contributed by atoms with Gasteiger partial charge in [-0.3, -0.25) is 0 Å². The van der Waals surface area contributed by atoms with E-state index in [1.54, 1.807) is 7.11 Å². The highest BCUT2D eigenvalue weighted by atomic mass is 16.5. The van der Waals surface area contributed by atoms with Crippen molar-refractivity contribution in [3.8, 4) is 5.75 Å². The van der Waals surface area contributed by atoms with E-state index >= 15 is 0 Å². The molecule has 0 amide bonds. The largest absolute Gasteiger partial charge is 0.496 e. The van der Waals surface area contributed by atoms with Crippen molar-refractivity contribution in [1.29, 1.82) is 0 Å². The van der Waals surface area contributed by atoms with Crippen molar-refractivity contribution in [2.75, 3.05) is 7.11 Å². The Balaban J connectivity index is 2.76. The molecule has 15 heavy (non-hydrogen) atoms. The van der Waals surface area contributed by atoms with Crippen molar-refractivity contribution in [3.63, 3.8) is 0 Å². The van der Waals surface area contributed by atoms with Gasteiger partial charge in [-0.25, -0.2) is 0 Å². The summed E-state index contributed by atoms with van der Waals surface area (Å²) in [6.07, 6.45) is 1.14. The highest BCUT2D eigenvalue weighted by molar-refractivity contribution is 5.35. The first-order chi connectivity index (χ1) is 7.19. The molecule has 1 rings (SSSR count). The minimum absolute atomic E-state index is 0.330. The Morgan fingerprint density at radius 3 is 2.53 bits per heavy atom. The lowest BCUT2D eigenvalue weighted by atomic mass is 10.1. The topological polar surface area (TPSA) is 21.3 Å². The Morgan fingerprint density at radius 2 is 1.93 bits per heavy atom. The van der Waals surface area contributed by atoms with Gasteiger partial charge in [-0.2, -0.15) is 0 Å². The fraction of sp³-hybridized carbons (Fsp3) is 0.538. The number of hydrogen-bond donors (Lipinski definition) is 1. The fourth-order valence-electron chi connectivity index (χ4n) is 1.66. The molecule has 0 radical (unpaired) electrons. The highest BCUT2D eigenvalue weighted by Gasteiger charge is 2.11. The van der Waals surface area contributed by atoms with E-state index in [2.05, 4.69) is 32.2 Å². The lowest BCUT2D eigenvalue weighted by Crippen LogP contribution is -2.28. The van der Waals surface area contributed by atoms with E-state index < -0.39 is 0 Å². The molecule has 1 N–H and O–H groups in total. The molecule has 0 fully saturated rings. The Bertz CT molecular complexity index is 298. The third-order valence-corrected chi connectivity index (χ3v) is 2.75. The van der Waals surface area contributed by atoms with Crippen LogP contribution in [0.1, 0.15) is 38.8 Å². The van der Waals surface area contributed by atoms with Crippen LogP contribution in [-0.4, -0.2) is 13.2 Å². The average molecular weight is 207 g/mol. The third-order valence-electron chi connectivity index (χ3n) is 2.75. The second-order valence-corrected chi connectivity index (χ2v) is 3.94. The zero-order chi connectivity index (χ0) is 11.3. The standard InChI is InChI=1S/C13H21NO/c1-5-10(2)14-11(3)12-8-6-7-9-13(12)15-4/h6-11,14H,5H2,1-4H3/t10-,11+/m0/s1. The molecule has 0 spiro atoms. The molecule has 0 bridgehead atoms. The monoisotopic (exact) mass is 207 g/mol. The van der Waals surface area contributed by atoms with Crippen LogP contribution in [0.25, 0.3) is 0 Å². The van der Waals surface area contributed by atoms with Gasteiger partial charge in [0.15, 0.2) is 0 Å². The molecule has 2 nitrogen and oxygen atoms in total. The molecule has 0 aliphatic rings. The maximum absolute atomic E-state index is 5.34. The molecule has 0 aromatic heterocycles. The predicted octanol–water partition coefficient (Wildman–Crippen LogP) is 3.14. The first kappa shape index (κ1) is 12.1. The number of hydrogen-bond acceptors (Lipinski definition) is 2. The Hall–Kier alpha value is -1.02. The van der Waals surface area contributed by atoms with Gasteiger partial charge in [0.1, 0.15) is 5.75 Å². The second kappa shape index (κ2) is 5.76. The molecular formula is C13H21NO. The van der Waals surface area contributed by atoms with Crippen molar-refractivity contribution in [1.82, 2.24) is 5.32 Å². The Morgan fingerprint density at radius 1 is 1.27 bits per heavy atom. The summed E-state index contributed by atoms with van der Waals surface area (Å²) in [7, 11) is 1.72. The maximum Gasteiger partial charge on any atom is 0.123 e. The van der Waals surface area contributed by atoms with E-state index in [0.29, 0.717) is 12.1 Å². The summed E-state index contributed by atoms with van der Waals surface area (Å²) >= 11 is 0. The van der Waals surface area contributed by atoms with Gasteiger partial charge in [-0.05, 0) is 26.3 Å². The minimum Gasteiger partial charge on any atom is -0.496 e. The zero-order valence-electron chi connectivity index (χ0n) is 10.1. The molecule has 0 aliphatic carbocycles. The highest BCUT2D eigenvalue weighted by Crippen LogP contribution is 2.24. The van der Waals surface area contributed by atoms with E-state index in [9.17, 15) is 0 Å². The molecule has 84 valence electrons. The first-order valence-electron chi connectivity index (χ1n) is 5.58.